The zero-order valence-electron chi connectivity index (χ0n) is 12.4. The lowest BCUT2D eigenvalue weighted by molar-refractivity contribution is 0.182. The van der Waals surface area contributed by atoms with Crippen molar-refractivity contribution in [2.45, 2.75) is 33.7 Å². The standard InChI is InChI=1S/C14H26ClN3O/c1-11(2)8-16-9-12(3)7-14-13(15)10-17-18(14)5-6-19-4/h10-12,16H,5-9H2,1-4H3. The zero-order valence-corrected chi connectivity index (χ0v) is 13.2. The number of ether oxygens (including phenoxy) is 1. The van der Waals surface area contributed by atoms with Crippen LogP contribution in [0.5, 0.6) is 0 Å². The van der Waals surface area contributed by atoms with E-state index < -0.39 is 0 Å². The molecule has 0 aliphatic carbocycles. The minimum atomic E-state index is 0.536. The van der Waals surface area contributed by atoms with E-state index in [2.05, 4.69) is 31.2 Å². The molecular formula is C14H26ClN3O. The van der Waals surface area contributed by atoms with Crippen LogP contribution in [0.25, 0.3) is 0 Å². The molecule has 1 aromatic heterocycles. The molecule has 0 bridgehead atoms. The Labute approximate surface area is 121 Å². The van der Waals surface area contributed by atoms with Gasteiger partial charge in [0.2, 0.25) is 0 Å². The van der Waals surface area contributed by atoms with Crippen molar-refractivity contribution in [1.29, 1.82) is 0 Å². The van der Waals surface area contributed by atoms with Gasteiger partial charge in [0.1, 0.15) is 0 Å². The first-order valence-corrected chi connectivity index (χ1v) is 7.32. The number of halogens is 1. The van der Waals surface area contributed by atoms with Crippen molar-refractivity contribution in [1.82, 2.24) is 15.1 Å². The van der Waals surface area contributed by atoms with Gasteiger partial charge in [-0.05, 0) is 31.3 Å². The van der Waals surface area contributed by atoms with Crippen LogP contribution in [0.3, 0.4) is 0 Å². The van der Waals surface area contributed by atoms with E-state index in [1.807, 2.05) is 4.68 Å². The summed E-state index contributed by atoms with van der Waals surface area (Å²) in [6.07, 6.45) is 2.66. The molecule has 0 saturated heterocycles. The van der Waals surface area contributed by atoms with Gasteiger partial charge in [0, 0.05) is 7.11 Å². The SMILES string of the molecule is COCCn1ncc(Cl)c1CC(C)CNCC(C)C. The molecule has 1 heterocycles. The quantitative estimate of drug-likeness (QED) is 0.759. The minimum absolute atomic E-state index is 0.536. The number of methoxy groups -OCH3 is 1. The molecule has 0 saturated carbocycles. The highest BCUT2D eigenvalue weighted by molar-refractivity contribution is 6.31. The number of aromatic nitrogens is 2. The summed E-state index contributed by atoms with van der Waals surface area (Å²) in [5.74, 6) is 1.22. The van der Waals surface area contributed by atoms with Crippen LogP contribution in [0, 0.1) is 11.8 Å². The van der Waals surface area contributed by atoms with Gasteiger partial charge in [-0.3, -0.25) is 4.68 Å². The van der Waals surface area contributed by atoms with Crippen molar-refractivity contribution < 1.29 is 4.74 Å². The van der Waals surface area contributed by atoms with Crippen molar-refractivity contribution in [3.63, 3.8) is 0 Å². The highest BCUT2D eigenvalue weighted by Crippen LogP contribution is 2.18. The second-order valence-corrected chi connectivity index (χ2v) is 5.92. The Morgan fingerprint density at radius 3 is 2.74 bits per heavy atom. The molecule has 5 heteroatoms. The Balaban J connectivity index is 2.48. The predicted molar refractivity (Wildman–Crippen MR) is 79.7 cm³/mol. The van der Waals surface area contributed by atoms with Gasteiger partial charge < -0.3 is 10.1 Å². The van der Waals surface area contributed by atoms with Crippen molar-refractivity contribution in [2.24, 2.45) is 11.8 Å². The van der Waals surface area contributed by atoms with Crippen molar-refractivity contribution in [3.8, 4) is 0 Å². The molecule has 1 unspecified atom stereocenters. The maximum Gasteiger partial charge on any atom is 0.0817 e. The molecule has 0 aliphatic rings. The summed E-state index contributed by atoms with van der Waals surface area (Å²) in [6.45, 7) is 10.1. The van der Waals surface area contributed by atoms with Gasteiger partial charge in [-0.1, -0.05) is 32.4 Å². The van der Waals surface area contributed by atoms with Crippen LogP contribution in [-0.4, -0.2) is 36.6 Å². The first-order chi connectivity index (χ1) is 9.04. The van der Waals surface area contributed by atoms with Gasteiger partial charge in [0.15, 0.2) is 0 Å². The third-order valence-corrected chi connectivity index (χ3v) is 3.31. The first kappa shape index (κ1) is 16.5. The average Bonchev–Trinajstić information content (AvgIpc) is 2.68. The lowest BCUT2D eigenvalue weighted by Gasteiger charge is -2.15. The smallest absolute Gasteiger partial charge is 0.0817 e. The van der Waals surface area contributed by atoms with E-state index in [9.17, 15) is 0 Å². The number of hydrogen-bond donors (Lipinski definition) is 1. The number of nitrogens with zero attached hydrogens (tertiary/aromatic N) is 2. The topological polar surface area (TPSA) is 39.1 Å². The predicted octanol–water partition coefficient (Wildman–Crippen LogP) is 2.61. The van der Waals surface area contributed by atoms with Crippen LogP contribution in [0.2, 0.25) is 5.02 Å². The van der Waals surface area contributed by atoms with E-state index in [0.29, 0.717) is 18.4 Å². The van der Waals surface area contributed by atoms with Gasteiger partial charge in [-0.2, -0.15) is 5.10 Å². The molecule has 4 nitrogen and oxygen atoms in total. The van der Waals surface area contributed by atoms with Crippen molar-refractivity contribution in [2.75, 3.05) is 26.8 Å². The second-order valence-electron chi connectivity index (χ2n) is 5.52. The Morgan fingerprint density at radius 2 is 2.11 bits per heavy atom. The number of hydrogen-bond acceptors (Lipinski definition) is 3. The fourth-order valence-electron chi connectivity index (χ4n) is 1.98. The summed E-state index contributed by atoms with van der Waals surface area (Å²) >= 11 is 6.21. The monoisotopic (exact) mass is 287 g/mol. The average molecular weight is 288 g/mol. The maximum atomic E-state index is 6.21. The lowest BCUT2D eigenvalue weighted by atomic mass is 10.1. The van der Waals surface area contributed by atoms with E-state index in [-0.39, 0.29) is 0 Å². The molecule has 1 atom stereocenters. The lowest BCUT2D eigenvalue weighted by Crippen LogP contribution is -2.26. The third-order valence-electron chi connectivity index (χ3n) is 2.99. The summed E-state index contributed by atoms with van der Waals surface area (Å²) in [4.78, 5) is 0. The molecule has 110 valence electrons. The van der Waals surface area contributed by atoms with E-state index in [1.165, 1.54) is 0 Å². The van der Waals surface area contributed by atoms with Crippen LogP contribution < -0.4 is 5.32 Å². The molecule has 0 radical (unpaired) electrons. The van der Waals surface area contributed by atoms with Crippen molar-refractivity contribution >= 4 is 11.6 Å². The Hall–Kier alpha value is -0.580. The zero-order chi connectivity index (χ0) is 14.3. The molecule has 19 heavy (non-hydrogen) atoms. The Kier molecular flexibility index (Phi) is 7.42. The highest BCUT2D eigenvalue weighted by atomic mass is 35.5. The molecule has 0 spiro atoms. The minimum Gasteiger partial charge on any atom is -0.383 e. The summed E-state index contributed by atoms with van der Waals surface area (Å²) in [5, 5.41) is 8.54. The van der Waals surface area contributed by atoms with E-state index in [1.54, 1.807) is 13.3 Å². The van der Waals surface area contributed by atoms with Crippen LogP contribution in [-0.2, 0) is 17.7 Å². The number of rotatable bonds is 9. The maximum absolute atomic E-state index is 6.21. The molecule has 1 rings (SSSR count). The molecule has 1 aromatic rings. The summed E-state index contributed by atoms with van der Waals surface area (Å²) in [5.41, 5.74) is 1.11. The second kappa shape index (κ2) is 8.56. The van der Waals surface area contributed by atoms with Crippen LogP contribution in [0.15, 0.2) is 6.20 Å². The molecule has 0 fully saturated rings. The van der Waals surface area contributed by atoms with Gasteiger partial charge in [-0.25, -0.2) is 0 Å². The molecule has 0 aromatic carbocycles. The number of nitrogens with one attached hydrogen (secondary N) is 1. The molecular weight excluding hydrogens is 262 g/mol. The van der Waals surface area contributed by atoms with Crippen LogP contribution >= 0.6 is 11.6 Å². The van der Waals surface area contributed by atoms with Gasteiger partial charge in [0.05, 0.1) is 30.1 Å². The molecule has 0 amide bonds. The summed E-state index contributed by atoms with van der Waals surface area (Å²) in [7, 11) is 1.70. The fraction of sp³-hybridized carbons (Fsp3) is 0.786. The van der Waals surface area contributed by atoms with E-state index in [4.69, 9.17) is 16.3 Å². The largest absolute Gasteiger partial charge is 0.383 e. The molecule has 1 N–H and O–H groups in total. The Morgan fingerprint density at radius 1 is 1.37 bits per heavy atom. The van der Waals surface area contributed by atoms with Gasteiger partial charge in [0.25, 0.3) is 0 Å². The van der Waals surface area contributed by atoms with Crippen LogP contribution in [0.4, 0.5) is 0 Å². The van der Waals surface area contributed by atoms with Crippen molar-refractivity contribution in [3.05, 3.63) is 16.9 Å². The van der Waals surface area contributed by atoms with Gasteiger partial charge >= 0.3 is 0 Å². The normalized spacial score (nSPS) is 13.2. The first-order valence-electron chi connectivity index (χ1n) is 6.94. The molecule has 0 aliphatic heterocycles. The summed E-state index contributed by atoms with van der Waals surface area (Å²) < 4.78 is 7.04. The fourth-order valence-corrected chi connectivity index (χ4v) is 2.20. The van der Waals surface area contributed by atoms with E-state index in [0.717, 1.165) is 36.8 Å². The van der Waals surface area contributed by atoms with Crippen LogP contribution in [0.1, 0.15) is 26.5 Å². The Bertz CT molecular complexity index is 366. The van der Waals surface area contributed by atoms with Gasteiger partial charge in [-0.15, -0.1) is 0 Å². The summed E-state index contributed by atoms with van der Waals surface area (Å²) in [6, 6.07) is 0. The van der Waals surface area contributed by atoms with E-state index >= 15 is 0 Å². The third kappa shape index (κ3) is 5.93. The highest BCUT2D eigenvalue weighted by Gasteiger charge is 2.13.